The van der Waals surface area contributed by atoms with Crippen molar-refractivity contribution in [2.45, 2.75) is 60.8 Å². The van der Waals surface area contributed by atoms with E-state index in [-0.39, 0.29) is 0 Å². The molecule has 0 saturated heterocycles. The number of allylic oxidation sites excluding steroid dienone is 2. The van der Waals surface area contributed by atoms with Gasteiger partial charge in [-0.05, 0) is 37.0 Å². The van der Waals surface area contributed by atoms with Gasteiger partial charge in [0, 0.05) is 0 Å². The van der Waals surface area contributed by atoms with E-state index in [0.717, 1.165) is 17.8 Å². The zero-order valence-corrected chi connectivity index (χ0v) is 10.9. The van der Waals surface area contributed by atoms with Gasteiger partial charge < -0.3 is 0 Å². The van der Waals surface area contributed by atoms with Crippen LogP contribution in [0.3, 0.4) is 0 Å². The van der Waals surface area contributed by atoms with E-state index in [1.807, 2.05) is 13.8 Å². The zero-order valence-electron chi connectivity index (χ0n) is 10.9. The zero-order chi connectivity index (χ0) is 11.1. The Labute approximate surface area is 90.8 Å². The highest BCUT2D eigenvalue weighted by atomic mass is 14.3. The van der Waals surface area contributed by atoms with Gasteiger partial charge in [0.2, 0.25) is 0 Å². The summed E-state index contributed by atoms with van der Waals surface area (Å²) in [4.78, 5) is 0. The molecule has 0 radical (unpaired) electrons. The van der Waals surface area contributed by atoms with Gasteiger partial charge in [-0.1, -0.05) is 53.2 Å². The Kier molecular flexibility index (Phi) is 6.96. The Morgan fingerprint density at radius 1 is 1.36 bits per heavy atom. The van der Waals surface area contributed by atoms with Gasteiger partial charge in [-0.25, -0.2) is 0 Å². The second-order valence-electron chi connectivity index (χ2n) is 4.24. The minimum Gasteiger partial charge on any atom is -0.0845 e. The molecule has 0 aromatic rings. The molecule has 1 aliphatic rings. The summed E-state index contributed by atoms with van der Waals surface area (Å²) in [5.41, 5.74) is 1.74. The lowest BCUT2D eigenvalue weighted by Crippen LogP contribution is -2.11. The van der Waals surface area contributed by atoms with Crippen molar-refractivity contribution in [2.75, 3.05) is 0 Å². The molecule has 1 rings (SSSR count). The van der Waals surface area contributed by atoms with Gasteiger partial charge >= 0.3 is 0 Å². The maximum absolute atomic E-state index is 2.49. The molecular weight excluding hydrogens is 168 g/mol. The SMILES string of the molecule is CC.CCC(C)C1=CCC(C)C1CC. The summed E-state index contributed by atoms with van der Waals surface area (Å²) in [7, 11) is 0. The molecule has 0 amide bonds. The molecule has 0 aliphatic heterocycles. The first-order chi connectivity index (χ1) is 6.70. The van der Waals surface area contributed by atoms with Gasteiger partial charge in [0.1, 0.15) is 0 Å². The van der Waals surface area contributed by atoms with E-state index in [0.29, 0.717) is 0 Å². The van der Waals surface area contributed by atoms with Crippen molar-refractivity contribution in [3.8, 4) is 0 Å². The summed E-state index contributed by atoms with van der Waals surface area (Å²) in [6, 6.07) is 0. The molecule has 0 bridgehead atoms. The number of rotatable bonds is 3. The molecular formula is C14H28. The third-order valence-electron chi connectivity index (χ3n) is 3.46. The normalized spacial score (nSPS) is 27.7. The average molecular weight is 196 g/mol. The van der Waals surface area contributed by atoms with Crippen molar-refractivity contribution in [2.24, 2.45) is 17.8 Å². The fourth-order valence-corrected chi connectivity index (χ4v) is 2.41. The summed E-state index contributed by atoms with van der Waals surface area (Å²) in [6.07, 6.45) is 6.44. The van der Waals surface area contributed by atoms with Crippen molar-refractivity contribution >= 4 is 0 Å². The van der Waals surface area contributed by atoms with Crippen LogP contribution in [0.5, 0.6) is 0 Å². The van der Waals surface area contributed by atoms with Crippen molar-refractivity contribution in [1.29, 1.82) is 0 Å². The first-order valence-electron chi connectivity index (χ1n) is 6.40. The molecule has 84 valence electrons. The first-order valence-corrected chi connectivity index (χ1v) is 6.40. The van der Waals surface area contributed by atoms with Crippen molar-refractivity contribution in [3.05, 3.63) is 11.6 Å². The Morgan fingerprint density at radius 3 is 2.36 bits per heavy atom. The molecule has 3 unspecified atom stereocenters. The quantitative estimate of drug-likeness (QED) is 0.554. The minimum atomic E-state index is 0.819. The molecule has 0 heterocycles. The Balaban J connectivity index is 0.000000791. The molecule has 1 aliphatic carbocycles. The maximum atomic E-state index is 2.49. The standard InChI is InChI=1S/C12H22.C2H6/c1-5-9(3)12-8-7-10(4)11(12)6-2;1-2/h8-11H,5-7H2,1-4H3;1-2H3. The number of hydrogen-bond acceptors (Lipinski definition) is 0. The predicted molar refractivity (Wildman–Crippen MR) is 66.4 cm³/mol. The lowest BCUT2D eigenvalue weighted by molar-refractivity contribution is 0.402. The minimum absolute atomic E-state index is 0.819. The lowest BCUT2D eigenvalue weighted by Gasteiger charge is -2.22. The van der Waals surface area contributed by atoms with E-state index >= 15 is 0 Å². The molecule has 0 spiro atoms. The van der Waals surface area contributed by atoms with E-state index in [1.165, 1.54) is 19.3 Å². The van der Waals surface area contributed by atoms with E-state index in [9.17, 15) is 0 Å². The van der Waals surface area contributed by atoms with Gasteiger partial charge in [-0.15, -0.1) is 0 Å². The van der Waals surface area contributed by atoms with E-state index in [2.05, 4.69) is 33.8 Å². The van der Waals surface area contributed by atoms with Crippen molar-refractivity contribution in [1.82, 2.24) is 0 Å². The second-order valence-corrected chi connectivity index (χ2v) is 4.24. The Hall–Kier alpha value is -0.260. The Morgan fingerprint density at radius 2 is 1.93 bits per heavy atom. The van der Waals surface area contributed by atoms with E-state index in [1.54, 1.807) is 5.57 Å². The third kappa shape index (κ3) is 3.15. The molecule has 14 heavy (non-hydrogen) atoms. The van der Waals surface area contributed by atoms with Crippen LogP contribution < -0.4 is 0 Å². The van der Waals surface area contributed by atoms with Crippen LogP contribution in [0.4, 0.5) is 0 Å². The number of hydrogen-bond donors (Lipinski definition) is 0. The molecule has 0 N–H and O–H groups in total. The largest absolute Gasteiger partial charge is 0.0845 e. The predicted octanol–water partition coefficient (Wildman–Crippen LogP) is 5.05. The van der Waals surface area contributed by atoms with E-state index in [4.69, 9.17) is 0 Å². The molecule has 0 fully saturated rings. The third-order valence-corrected chi connectivity index (χ3v) is 3.46. The van der Waals surface area contributed by atoms with Gasteiger partial charge in [-0.3, -0.25) is 0 Å². The highest BCUT2D eigenvalue weighted by molar-refractivity contribution is 5.16. The molecule has 0 nitrogen and oxygen atoms in total. The fourth-order valence-electron chi connectivity index (χ4n) is 2.41. The van der Waals surface area contributed by atoms with Crippen LogP contribution in [0.2, 0.25) is 0 Å². The summed E-state index contributed by atoms with van der Waals surface area (Å²) in [5, 5.41) is 0. The summed E-state index contributed by atoms with van der Waals surface area (Å²) >= 11 is 0. The van der Waals surface area contributed by atoms with Crippen LogP contribution in [0.15, 0.2) is 11.6 Å². The summed E-state index contributed by atoms with van der Waals surface area (Å²) < 4.78 is 0. The van der Waals surface area contributed by atoms with Crippen LogP contribution >= 0.6 is 0 Å². The lowest BCUT2D eigenvalue weighted by atomic mass is 9.84. The Bertz CT molecular complexity index is 167. The topological polar surface area (TPSA) is 0 Å². The van der Waals surface area contributed by atoms with Crippen LogP contribution in [-0.4, -0.2) is 0 Å². The molecule has 0 aromatic heterocycles. The van der Waals surface area contributed by atoms with E-state index < -0.39 is 0 Å². The highest BCUT2D eigenvalue weighted by Crippen LogP contribution is 2.38. The van der Waals surface area contributed by atoms with Gasteiger partial charge in [0.05, 0.1) is 0 Å². The molecule has 3 atom stereocenters. The van der Waals surface area contributed by atoms with Crippen LogP contribution in [0, 0.1) is 17.8 Å². The van der Waals surface area contributed by atoms with Crippen LogP contribution in [0.1, 0.15) is 60.8 Å². The fraction of sp³-hybridized carbons (Fsp3) is 0.857. The molecule has 0 aromatic carbocycles. The van der Waals surface area contributed by atoms with Crippen LogP contribution in [-0.2, 0) is 0 Å². The van der Waals surface area contributed by atoms with Gasteiger partial charge in [-0.2, -0.15) is 0 Å². The van der Waals surface area contributed by atoms with Gasteiger partial charge in [0.15, 0.2) is 0 Å². The average Bonchev–Trinajstić information content (AvgIpc) is 2.61. The first kappa shape index (κ1) is 13.7. The highest BCUT2D eigenvalue weighted by Gasteiger charge is 2.26. The second kappa shape index (κ2) is 7.09. The van der Waals surface area contributed by atoms with Gasteiger partial charge in [0.25, 0.3) is 0 Å². The monoisotopic (exact) mass is 196 g/mol. The smallest absolute Gasteiger partial charge is 0.0175 e. The van der Waals surface area contributed by atoms with Crippen LogP contribution in [0.25, 0.3) is 0 Å². The molecule has 0 saturated carbocycles. The molecule has 0 heteroatoms. The van der Waals surface area contributed by atoms with Crippen molar-refractivity contribution in [3.63, 3.8) is 0 Å². The summed E-state index contributed by atoms with van der Waals surface area (Å²) in [5.74, 6) is 2.61. The van der Waals surface area contributed by atoms with Crippen molar-refractivity contribution < 1.29 is 0 Å². The summed E-state index contributed by atoms with van der Waals surface area (Å²) in [6.45, 7) is 13.4. The maximum Gasteiger partial charge on any atom is -0.0175 e.